The molecule has 0 unspecified atom stereocenters. The Morgan fingerprint density at radius 2 is 1.61 bits per heavy atom. The Labute approximate surface area is 161 Å². The molecule has 0 aliphatic carbocycles. The highest BCUT2D eigenvalue weighted by Gasteiger charge is 2.34. The van der Waals surface area contributed by atoms with Crippen LogP contribution in [0.15, 0.2) is 48.5 Å². The van der Waals surface area contributed by atoms with Crippen LogP contribution in [0.5, 0.6) is 0 Å². The molecule has 3 rings (SSSR count). The fraction of sp³-hybridized carbons (Fsp3) is 0.227. The second kappa shape index (κ2) is 7.19. The monoisotopic (exact) mass is 386 g/mol. The fourth-order valence-electron chi connectivity index (χ4n) is 3.29. The summed E-state index contributed by atoms with van der Waals surface area (Å²) >= 11 is 0. The first-order valence-corrected chi connectivity index (χ1v) is 8.83. The number of hydrogen-bond donors (Lipinski definition) is 1. The second-order valence-corrected chi connectivity index (χ2v) is 6.89. The number of amides is 1. The molecular formula is C22H21F3N2O. The maximum absolute atomic E-state index is 13.4. The van der Waals surface area contributed by atoms with Gasteiger partial charge in [-0.05, 0) is 69.2 Å². The molecule has 28 heavy (non-hydrogen) atoms. The van der Waals surface area contributed by atoms with Crippen LogP contribution in [0.25, 0.3) is 5.69 Å². The highest BCUT2D eigenvalue weighted by atomic mass is 19.4. The second-order valence-electron chi connectivity index (χ2n) is 6.89. The number of carbonyl (C=O) groups excluding carboxylic acids is 1. The summed E-state index contributed by atoms with van der Waals surface area (Å²) in [7, 11) is 0. The summed E-state index contributed by atoms with van der Waals surface area (Å²) in [5.74, 6) is -0.355. The molecule has 0 fully saturated rings. The van der Waals surface area contributed by atoms with Crippen molar-refractivity contribution in [2.24, 2.45) is 0 Å². The van der Waals surface area contributed by atoms with Gasteiger partial charge in [0.25, 0.3) is 5.91 Å². The van der Waals surface area contributed by atoms with E-state index in [0.717, 1.165) is 17.2 Å². The number of halogens is 3. The van der Waals surface area contributed by atoms with E-state index in [1.54, 1.807) is 32.0 Å². The smallest absolute Gasteiger partial charge is 0.322 e. The molecule has 146 valence electrons. The maximum Gasteiger partial charge on any atom is 0.418 e. The Hall–Kier alpha value is -3.02. The van der Waals surface area contributed by atoms with Crippen molar-refractivity contribution in [3.63, 3.8) is 0 Å². The molecule has 1 N–H and O–H groups in total. The van der Waals surface area contributed by atoms with E-state index in [0.29, 0.717) is 22.6 Å². The molecule has 0 aliphatic heterocycles. The number of benzene rings is 2. The molecule has 1 aromatic heterocycles. The average Bonchev–Trinajstić information content (AvgIpc) is 2.92. The van der Waals surface area contributed by atoms with Crippen LogP contribution >= 0.6 is 0 Å². The Kier molecular flexibility index (Phi) is 5.06. The lowest BCUT2D eigenvalue weighted by Crippen LogP contribution is -2.15. The summed E-state index contributed by atoms with van der Waals surface area (Å²) in [5, 5.41) is 2.83. The lowest BCUT2D eigenvalue weighted by molar-refractivity contribution is -0.137. The quantitative estimate of drug-likeness (QED) is 0.590. The zero-order valence-corrected chi connectivity index (χ0v) is 16.1. The van der Waals surface area contributed by atoms with Crippen LogP contribution in [0, 0.1) is 27.7 Å². The van der Waals surface area contributed by atoms with Crippen molar-refractivity contribution >= 4 is 11.6 Å². The van der Waals surface area contributed by atoms with Gasteiger partial charge in [-0.15, -0.1) is 0 Å². The highest BCUT2D eigenvalue weighted by Crippen LogP contribution is 2.35. The third-order valence-electron chi connectivity index (χ3n) is 4.89. The van der Waals surface area contributed by atoms with Gasteiger partial charge in [0.1, 0.15) is 0 Å². The van der Waals surface area contributed by atoms with Crippen molar-refractivity contribution in [2.45, 2.75) is 33.9 Å². The molecule has 0 bridgehead atoms. The number of aromatic nitrogens is 1. The van der Waals surface area contributed by atoms with Crippen LogP contribution < -0.4 is 5.32 Å². The Morgan fingerprint density at radius 1 is 0.929 bits per heavy atom. The summed E-state index contributed by atoms with van der Waals surface area (Å²) in [6.45, 7) is 7.26. The topological polar surface area (TPSA) is 34.0 Å². The average molecular weight is 386 g/mol. The molecule has 0 saturated carbocycles. The minimum absolute atomic E-state index is 0.00947. The molecule has 1 amide bonds. The lowest BCUT2D eigenvalue weighted by Gasteiger charge is -2.17. The summed E-state index contributed by atoms with van der Waals surface area (Å²) in [6, 6.07) is 12.6. The van der Waals surface area contributed by atoms with Crippen molar-refractivity contribution < 1.29 is 18.0 Å². The normalized spacial score (nSPS) is 11.5. The van der Waals surface area contributed by atoms with Gasteiger partial charge < -0.3 is 9.88 Å². The van der Waals surface area contributed by atoms with E-state index < -0.39 is 11.7 Å². The van der Waals surface area contributed by atoms with Crippen LogP contribution in [-0.4, -0.2) is 10.5 Å². The van der Waals surface area contributed by atoms with Crippen molar-refractivity contribution in [1.82, 2.24) is 4.57 Å². The van der Waals surface area contributed by atoms with Gasteiger partial charge in [-0.2, -0.15) is 13.2 Å². The molecule has 3 aromatic rings. The number of nitrogens with zero attached hydrogens (tertiary/aromatic N) is 1. The van der Waals surface area contributed by atoms with Gasteiger partial charge in [0.2, 0.25) is 0 Å². The minimum atomic E-state index is -4.48. The molecule has 0 atom stereocenters. The van der Waals surface area contributed by atoms with Gasteiger partial charge in [-0.3, -0.25) is 4.79 Å². The Morgan fingerprint density at radius 3 is 2.25 bits per heavy atom. The number of para-hydroxylation sites is 1. The first-order valence-electron chi connectivity index (χ1n) is 8.83. The number of nitrogens with one attached hydrogen (secondary N) is 1. The molecule has 1 heterocycles. The molecule has 6 heteroatoms. The van der Waals surface area contributed by atoms with Crippen molar-refractivity contribution in [3.05, 3.63) is 82.2 Å². The van der Waals surface area contributed by atoms with Crippen LogP contribution in [0.4, 0.5) is 18.9 Å². The molecule has 3 nitrogen and oxygen atoms in total. The highest BCUT2D eigenvalue weighted by molar-refractivity contribution is 6.05. The van der Waals surface area contributed by atoms with Gasteiger partial charge in [0, 0.05) is 17.1 Å². The number of hydrogen-bond acceptors (Lipinski definition) is 1. The lowest BCUT2D eigenvalue weighted by atomic mass is 10.1. The van der Waals surface area contributed by atoms with Crippen LogP contribution in [0.3, 0.4) is 0 Å². The van der Waals surface area contributed by atoms with E-state index in [9.17, 15) is 18.0 Å². The molecule has 0 aliphatic rings. The standard InChI is InChI=1S/C22H21F3N2O/c1-13-9-10-17(11-14(13)2)26-21(28)18-12-15(3)27(16(18)4)20-8-6-5-7-19(20)22(23,24)25/h5-12H,1-4H3,(H,26,28). The predicted octanol–water partition coefficient (Wildman–Crippen LogP) is 5.98. The zero-order chi connectivity index (χ0) is 20.6. The van der Waals surface area contributed by atoms with Crippen LogP contribution in [0.1, 0.15) is 38.4 Å². The van der Waals surface area contributed by atoms with Gasteiger partial charge in [-0.25, -0.2) is 0 Å². The van der Waals surface area contributed by atoms with Crippen molar-refractivity contribution in [1.29, 1.82) is 0 Å². The Balaban J connectivity index is 2.01. The largest absolute Gasteiger partial charge is 0.418 e. The van der Waals surface area contributed by atoms with E-state index in [2.05, 4.69) is 5.32 Å². The number of alkyl halides is 3. The van der Waals surface area contributed by atoms with Crippen molar-refractivity contribution in [2.75, 3.05) is 5.32 Å². The summed E-state index contributed by atoms with van der Waals surface area (Å²) in [4.78, 5) is 12.8. The van der Waals surface area contributed by atoms with Gasteiger partial charge in [0.15, 0.2) is 0 Å². The van der Waals surface area contributed by atoms with E-state index in [-0.39, 0.29) is 11.6 Å². The van der Waals surface area contributed by atoms with Crippen LogP contribution in [0.2, 0.25) is 0 Å². The minimum Gasteiger partial charge on any atom is -0.322 e. The first kappa shape index (κ1) is 19.7. The molecule has 0 radical (unpaired) electrons. The first-order chi connectivity index (χ1) is 13.1. The molecular weight excluding hydrogens is 365 g/mol. The van der Waals surface area contributed by atoms with Gasteiger partial charge >= 0.3 is 6.18 Å². The third kappa shape index (κ3) is 3.67. The maximum atomic E-state index is 13.4. The van der Waals surface area contributed by atoms with E-state index in [1.807, 2.05) is 26.0 Å². The van der Waals surface area contributed by atoms with Crippen LogP contribution in [-0.2, 0) is 6.18 Å². The number of anilines is 1. The molecule has 0 saturated heterocycles. The van der Waals surface area contributed by atoms with Crippen molar-refractivity contribution in [3.8, 4) is 5.69 Å². The predicted molar refractivity (Wildman–Crippen MR) is 104 cm³/mol. The number of aryl methyl sites for hydroxylation is 3. The number of rotatable bonds is 3. The molecule has 0 spiro atoms. The number of carbonyl (C=O) groups is 1. The fourth-order valence-corrected chi connectivity index (χ4v) is 3.29. The van der Waals surface area contributed by atoms with Gasteiger partial charge in [0.05, 0.1) is 16.8 Å². The Bertz CT molecular complexity index is 1050. The zero-order valence-electron chi connectivity index (χ0n) is 16.1. The third-order valence-corrected chi connectivity index (χ3v) is 4.89. The van der Waals surface area contributed by atoms with E-state index in [4.69, 9.17) is 0 Å². The van der Waals surface area contributed by atoms with Gasteiger partial charge in [-0.1, -0.05) is 18.2 Å². The summed E-state index contributed by atoms with van der Waals surface area (Å²) < 4.78 is 41.8. The van der Waals surface area contributed by atoms with E-state index >= 15 is 0 Å². The summed E-state index contributed by atoms with van der Waals surface area (Å²) in [5.41, 5.74) is 3.42. The van der Waals surface area contributed by atoms with E-state index in [1.165, 1.54) is 16.7 Å². The molecule has 2 aromatic carbocycles. The summed E-state index contributed by atoms with van der Waals surface area (Å²) in [6.07, 6.45) is -4.48. The SMILES string of the molecule is Cc1ccc(NC(=O)c2cc(C)n(-c3ccccc3C(F)(F)F)c2C)cc1C.